The van der Waals surface area contributed by atoms with E-state index in [-0.39, 0.29) is 11.5 Å². The fourth-order valence-corrected chi connectivity index (χ4v) is 4.17. The van der Waals surface area contributed by atoms with Crippen molar-refractivity contribution >= 4 is 15.9 Å². The minimum Gasteiger partial charge on any atom is -0.352 e. The number of carbonyl (C=O) groups is 1. The second kappa shape index (κ2) is 7.88. The smallest absolute Gasteiger partial charge is 0.251 e. The van der Waals surface area contributed by atoms with Gasteiger partial charge in [-0.25, -0.2) is 12.8 Å². The second-order valence-electron chi connectivity index (χ2n) is 5.72. The Bertz CT molecular complexity index is 655. The standard InChI is InChI=1S/C16H23FN2O3S/c1-2-3-9-18-16(20)13-7-8-14(17)15(12-13)23(21,22)19-10-5-4-6-11-19/h7-8,12H,2-6,9-11H2,1H3,(H,18,20). The van der Waals surface area contributed by atoms with Crippen molar-refractivity contribution in [3.05, 3.63) is 29.6 Å². The molecule has 1 aromatic rings. The second-order valence-corrected chi connectivity index (χ2v) is 7.63. The molecule has 23 heavy (non-hydrogen) atoms. The molecule has 0 aliphatic carbocycles. The Hall–Kier alpha value is -1.47. The lowest BCUT2D eigenvalue weighted by molar-refractivity contribution is 0.0953. The van der Waals surface area contributed by atoms with Crippen LogP contribution in [0.1, 0.15) is 49.4 Å². The van der Waals surface area contributed by atoms with E-state index in [4.69, 9.17) is 0 Å². The van der Waals surface area contributed by atoms with Gasteiger partial charge >= 0.3 is 0 Å². The molecule has 0 atom stereocenters. The highest BCUT2D eigenvalue weighted by atomic mass is 32.2. The van der Waals surface area contributed by atoms with Crippen LogP contribution in [0.4, 0.5) is 4.39 Å². The van der Waals surface area contributed by atoms with E-state index in [0.29, 0.717) is 19.6 Å². The molecule has 1 fully saturated rings. The molecule has 2 rings (SSSR count). The largest absolute Gasteiger partial charge is 0.352 e. The van der Waals surface area contributed by atoms with Crippen LogP contribution in [0, 0.1) is 5.82 Å². The fourth-order valence-electron chi connectivity index (χ4n) is 2.57. The summed E-state index contributed by atoms with van der Waals surface area (Å²) in [6.45, 7) is 3.32. The van der Waals surface area contributed by atoms with E-state index in [1.54, 1.807) is 0 Å². The first kappa shape index (κ1) is 17.9. The molecule has 0 radical (unpaired) electrons. The number of nitrogens with zero attached hydrogens (tertiary/aromatic N) is 1. The van der Waals surface area contributed by atoms with Crippen LogP contribution in [0.25, 0.3) is 0 Å². The molecule has 128 valence electrons. The van der Waals surface area contributed by atoms with Gasteiger partial charge in [-0.3, -0.25) is 4.79 Å². The number of hydrogen-bond donors (Lipinski definition) is 1. The molecule has 1 heterocycles. The van der Waals surface area contributed by atoms with Gasteiger partial charge in [0.1, 0.15) is 10.7 Å². The average Bonchev–Trinajstić information content (AvgIpc) is 2.56. The molecule has 1 aliphatic rings. The first-order valence-electron chi connectivity index (χ1n) is 8.04. The molecule has 0 aromatic heterocycles. The quantitative estimate of drug-likeness (QED) is 0.808. The van der Waals surface area contributed by atoms with Crippen molar-refractivity contribution < 1.29 is 17.6 Å². The van der Waals surface area contributed by atoms with Crippen molar-refractivity contribution in [1.29, 1.82) is 0 Å². The molecule has 0 spiro atoms. The van der Waals surface area contributed by atoms with Gasteiger partial charge in [-0.2, -0.15) is 4.31 Å². The predicted octanol–water partition coefficient (Wildman–Crippen LogP) is 2.53. The molecule has 1 N–H and O–H groups in total. The molecule has 1 aliphatic heterocycles. The summed E-state index contributed by atoms with van der Waals surface area (Å²) in [5, 5.41) is 2.71. The summed E-state index contributed by atoms with van der Waals surface area (Å²) in [6, 6.07) is 3.50. The number of benzene rings is 1. The SMILES string of the molecule is CCCCNC(=O)c1ccc(F)c(S(=O)(=O)N2CCCCC2)c1. The van der Waals surface area contributed by atoms with Gasteiger partial charge in [0.2, 0.25) is 10.0 Å². The van der Waals surface area contributed by atoms with Gasteiger partial charge in [-0.1, -0.05) is 19.8 Å². The van der Waals surface area contributed by atoms with Gasteiger partial charge in [0, 0.05) is 25.2 Å². The van der Waals surface area contributed by atoms with Crippen molar-refractivity contribution in [3.8, 4) is 0 Å². The molecule has 0 saturated carbocycles. The monoisotopic (exact) mass is 342 g/mol. The Morgan fingerprint density at radius 1 is 1.26 bits per heavy atom. The third-order valence-electron chi connectivity index (χ3n) is 3.94. The number of piperidine rings is 1. The summed E-state index contributed by atoms with van der Waals surface area (Å²) in [7, 11) is -3.90. The van der Waals surface area contributed by atoms with E-state index >= 15 is 0 Å². The van der Waals surface area contributed by atoms with E-state index in [0.717, 1.165) is 44.2 Å². The lowest BCUT2D eigenvalue weighted by Crippen LogP contribution is -2.36. The summed E-state index contributed by atoms with van der Waals surface area (Å²) in [4.78, 5) is 11.6. The number of hydrogen-bond acceptors (Lipinski definition) is 3. The number of amides is 1. The maximum atomic E-state index is 14.1. The molecule has 7 heteroatoms. The average molecular weight is 342 g/mol. The summed E-state index contributed by atoms with van der Waals surface area (Å²) >= 11 is 0. The third-order valence-corrected chi connectivity index (χ3v) is 5.86. The summed E-state index contributed by atoms with van der Waals surface area (Å²) < 4.78 is 40.5. The van der Waals surface area contributed by atoms with Crippen LogP contribution in [-0.2, 0) is 10.0 Å². The first-order valence-corrected chi connectivity index (χ1v) is 9.48. The summed E-state index contributed by atoms with van der Waals surface area (Å²) in [5.74, 6) is -1.20. The van der Waals surface area contributed by atoms with Gasteiger partial charge in [0.05, 0.1) is 0 Å². The topological polar surface area (TPSA) is 66.5 Å². The minimum atomic E-state index is -3.90. The van der Waals surface area contributed by atoms with Crippen LogP contribution in [-0.4, -0.2) is 38.3 Å². The lowest BCUT2D eigenvalue weighted by atomic mass is 10.2. The highest BCUT2D eigenvalue weighted by Gasteiger charge is 2.29. The van der Waals surface area contributed by atoms with Crippen LogP contribution in [0.2, 0.25) is 0 Å². The van der Waals surface area contributed by atoms with Crippen LogP contribution in [0.15, 0.2) is 23.1 Å². The number of rotatable bonds is 6. The van der Waals surface area contributed by atoms with Crippen LogP contribution in [0.5, 0.6) is 0 Å². The first-order chi connectivity index (χ1) is 11.0. The molecule has 1 saturated heterocycles. The molecule has 0 unspecified atom stereocenters. The zero-order valence-electron chi connectivity index (χ0n) is 13.3. The maximum Gasteiger partial charge on any atom is 0.251 e. The van der Waals surface area contributed by atoms with E-state index in [1.165, 1.54) is 10.4 Å². The molecular formula is C16H23FN2O3S. The molecular weight excluding hydrogens is 319 g/mol. The van der Waals surface area contributed by atoms with Gasteiger partial charge in [-0.15, -0.1) is 0 Å². The van der Waals surface area contributed by atoms with E-state index < -0.39 is 20.7 Å². The fraction of sp³-hybridized carbons (Fsp3) is 0.562. The highest BCUT2D eigenvalue weighted by molar-refractivity contribution is 7.89. The Labute approximate surface area is 136 Å². The lowest BCUT2D eigenvalue weighted by Gasteiger charge is -2.26. The van der Waals surface area contributed by atoms with Crippen LogP contribution < -0.4 is 5.32 Å². The van der Waals surface area contributed by atoms with Gasteiger partial charge in [0.15, 0.2) is 0 Å². The van der Waals surface area contributed by atoms with Crippen molar-refractivity contribution in [2.45, 2.75) is 43.9 Å². The van der Waals surface area contributed by atoms with Gasteiger partial charge in [0.25, 0.3) is 5.91 Å². The predicted molar refractivity (Wildman–Crippen MR) is 86.3 cm³/mol. The normalized spacial score (nSPS) is 16.3. The zero-order chi connectivity index (χ0) is 16.9. The van der Waals surface area contributed by atoms with E-state index in [1.807, 2.05) is 6.92 Å². The van der Waals surface area contributed by atoms with Crippen molar-refractivity contribution in [3.63, 3.8) is 0 Å². The third kappa shape index (κ3) is 4.29. The highest BCUT2D eigenvalue weighted by Crippen LogP contribution is 2.24. The van der Waals surface area contributed by atoms with E-state index in [2.05, 4.69) is 5.32 Å². The molecule has 5 nitrogen and oxygen atoms in total. The molecule has 1 amide bonds. The van der Waals surface area contributed by atoms with Crippen molar-refractivity contribution in [2.24, 2.45) is 0 Å². The van der Waals surface area contributed by atoms with Crippen molar-refractivity contribution in [2.75, 3.05) is 19.6 Å². The maximum absolute atomic E-state index is 14.1. The van der Waals surface area contributed by atoms with Crippen molar-refractivity contribution in [1.82, 2.24) is 9.62 Å². The molecule has 0 bridgehead atoms. The zero-order valence-corrected chi connectivity index (χ0v) is 14.2. The number of nitrogens with one attached hydrogen (secondary N) is 1. The Morgan fingerprint density at radius 3 is 2.61 bits per heavy atom. The minimum absolute atomic E-state index is 0.165. The van der Waals surface area contributed by atoms with Gasteiger partial charge in [-0.05, 0) is 37.5 Å². The van der Waals surface area contributed by atoms with Crippen LogP contribution in [0.3, 0.4) is 0 Å². The molecule has 1 aromatic carbocycles. The van der Waals surface area contributed by atoms with E-state index in [9.17, 15) is 17.6 Å². The number of unbranched alkanes of at least 4 members (excludes halogenated alkanes) is 1. The Kier molecular flexibility index (Phi) is 6.12. The summed E-state index contributed by atoms with van der Waals surface area (Å²) in [5.41, 5.74) is 0.165. The number of sulfonamides is 1. The Morgan fingerprint density at radius 2 is 1.96 bits per heavy atom. The Balaban J connectivity index is 2.24. The van der Waals surface area contributed by atoms with Crippen LogP contribution >= 0.6 is 0 Å². The number of carbonyl (C=O) groups excluding carboxylic acids is 1. The number of halogens is 1. The summed E-state index contributed by atoms with van der Waals surface area (Å²) in [6.07, 6.45) is 4.31. The van der Waals surface area contributed by atoms with Gasteiger partial charge < -0.3 is 5.32 Å².